The zero-order valence-electron chi connectivity index (χ0n) is 16.3. The summed E-state index contributed by atoms with van der Waals surface area (Å²) in [6, 6.07) is 24.1. The van der Waals surface area contributed by atoms with Crippen molar-refractivity contribution >= 4 is 23.4 Å². The SMILES string of the molecule is Cc1ccc(NC(=O)CSc2nc(-c3ccccc3)c(-c3ccccc3)o2)cc1F. The van der Waals surface area contributed by atoms with E-state index in [4.69, 9.17) is 4.42 Å². The number of nitrogens with zero attached hydrogens (tertiary/aromatic N) is 1. The van der Waals surface area contributed by atoms with Crippen LogP contribution < -0.4 is 5.32 Å². The van der Waals surface area contributed by atoms with Gasteiger partial charge in [-0.15, -0.1) is 0 Å². The summed E-state index contributed by atoms with van der Waals surface area (Å²) in [5.74, 6) is 0.140. The average molecular weight is 418 g/mol. The number of carbonyl (C=O) groups is 1. The largest absolute Gasteiger partial charge is 0.431 e. The molecule has 3 aromatic carbocycles. The van der Waals surface area contributed by atoms with Gasteiger partial charge in [0.15, 0.2) is 5.76 Å². The van der Waals surface area contributed by atoms with Crippen molar-refractivity contribution in [2.75, 3.05) is 11.1 Å². The van der Waals surface area contributed by atoms with Crippen LogP contribution in [0.25, 0.3) is 22.6 Å². The molecule has 0 saturated heterocycles. The highest BCUT2D eigenvalue weighted by Crippen LogP contribution is 2.35. The van der Waals surface area contributed by atoms with E-state index in [-0.39, 0.29) is 17.5 Å². The number of amides is 1. The monoisotopic (exact) mass is 418 g/mol. The fourth-order valence-electron chi connectivity index (χ4n) is 2.93. The molecule has 4 aromatic rings. The number of halogens is 1. The molecular weight excluding hydrogens is 399 g/mol. The van der Waals surface area contributed by atoms with Crippen molar-refractivity contribution in [3.8, 4) is 22.6 Å². The predicted molar refractivity (Wildman–Crippen MR) is 118 cm³/mol. The van der Waals surface area contributed by atoms with E-state index in [1.54, 1.807) is 19.1 Å². The lowest BCUT2D eigenvalue weighted by Crippen LogP contribution is -2.14. The number of oxazole rings is 1. The lowest BCUT2D eigenvalue weighted by atomic mass is 10.1. The Bertz CT molecular complexity index is 1100. The number of anilines is 1. The Balaban J connectivity index is 1.52. The first kappa shape index (κ1) is 19.9. The molecule has 0 aliphatic rings. The first-order valence-electron chi connectivity index (χ1n) is 9.40. The van der Waals surface area contributed by atoms with Crippen LogP contribution in [-0.2, 0) is 4.79 Å². The van der Waals surface area contributed by atoms with Gasteiger partial charge in [-0.2, -0.15) is 0 Å². The summed E-state index contributed by atoms with van der Waals surface area (Å²) in [5, 5.41) is 3.10. The maximum Gasteiger partial charge on any atom is 0.257 e. The third kappa shape index (κ3) is 4.60. The molecule has 0 aliphatic carbocycles. The second-order valence-electron chi connectivity index (χ2n) is 6.69. The van der Waals surface area contributed by atoms with Gasteiger partial charge in [-0.1, -0.05) is 78.5 Å². The minimum absolute atomic E-state index is 0.0957. The molecule has 0 aliphatic heterocycles. The third-order valence-electron chi connectivity index (χ3n) is 4.47. The molecule has 0 fully saturated rings. The van der Waals surface area contributed by atoms with Crippen LogP contribution in [0.5, 0.6) is 0 Å². The van der Waals surface area contributed by atoms with E-state index in [2.05, 4.69) is 10.3 Å². The van der Waals surface area contributed by atoms with E-state index < -0.39 is 0 Å². The number of nitrogens with one attached hydrogen (secondary N) is 1. The Kier molecular flexibility index (Phi) is 5.95. The highest BCUT2D eigenvalue weighted by atomic mass is 32.2. The lowest BCUT2D eigenvalue weighted by molar-refractivity contribution is -0.113. The van der Waals surface area contributed by atoms with Crippen molar-refractivity contribution in [2.24, 2.45) is 0 Å². The van der Waals surface area contributed by atoms with Crippen LogP contribution >= 0.6 is 11.8 Å². The fraction of sp³-hybridized carbons (Fsp3) is 0.0833. The van der Waals surface area contributed by atoms with Crippen LogP contribution in [0.1, 0.15) is 5.56 Å². The van der Waals surface area contributed by atoms with E-state index in [9.17, 15) is 9.18 Å². The Morgan fingerprint density at radius 2 is 1.67 bits per heavy atom. The molecule has 0 unspecified atom stereocenters. The number of aryl methyl sites for hydroxylation is 1. The standard InChI is InChI=1S/C24H19FN2O2S/c1-16-12-13-19(14-20(16)25)26-21(28)15-30-24-27-22(17-8-4-2-5-9-17)23(29-24)18-10-6-3-7-11-18/h2-14H,15H2,1H3,(H,26,28). The minimum atomic E-state index is -0.354. The highest BCUT2D eigenvalue weighted by Gasteiger charge is 2.18. The number of aromatic nitrogens is 1. The van der Waals surface area contributed by atoms with Crippen LogP contribution in [0.15, 0.2) is 88.5 Å². The predicted octanol–water partition coefficient (Wildman–Crippen LogP) is 6.19. The molecule has 30 heavy (non-hydrogen) atoms. The highest BCUT2D eigenvalue weighted by molar-refractivity contribution is 7.99. The molecule has 4 rings (SSSR count). The summed E-state index contributed by atoms with van der Waals surface area (Å²) < 4.78 is 19.7. The van der Waals surface area contributed by atoms with E-state index >= 15 is 0 Å². The summed E-state index contributed by atoms with van der Waals surface area (Å²) in [6.45, 7) is 1.67. The van der Waals surface area contributed by atoms with Crippen LogP contribution in [-0.4, -0.2) is 16.6 Å². The first-order chi connectivity index (χ1) is 14.6. The van der Waals surface area contributed by atoms with Gasteiger partial charge in [-0.3, -0.25) is 4.79 Å². The molecule has 150 valence electrons. The molecule has 0 bridgehead atoms. The molecule has 0 atom stereocenters. The van der Waals surface area contributed by atoms with E-state index in [0.29, 0.717) is 22.2 Å². The van der Waals surface area contributed by atoms with Crippen molar-refractivity contribution in [2.45, 2.75) is 12.1 Å². The van der Waals surface area contributed by atoms with E-state index in [1.807, 2.05) is 60.7 Å². The van der Waals surface area contributed by atoms with Gasteiger partial charge in [0, 0.05) is 16.8 Å². The minimum Gasteiger partial charge on any atom is -0.431 e. The van der Waals surface area contributed by atoms with Gasteiger partial charge in [-0.25, -0.2) is 9.37 Å². The summed E-state index contributed by atoms with van der Waals surface area (Å²) in [6.07, 6.45) is 0. The van der Waals surface area contributed by atoms with Crippen LogP contribution in [0.3, 0.4) is 0 Å². The molecule has 6 heteroatoms. The number of benzene rings is 3. The van der Waals surface area contributed by atoms with E-state index in [1.165, 1.54) is 17.8 Å². The molecule has 4 nitrogen and oxygen atoms in total. The van der Waals surface area contributed by atoms with Crippen molar-refractivity contribution in [3.05, 3.63) is 90.2 Å². The maximum absolute atomic E-state index is 13.7. The number of carbonyl (C=O) groups excluding carboxylic acids is 1. The number of hydrogen-bond donors (Lipinski definition) is 1. The van der Waals surface area contributed by atoms with Crippen LogP contribution in [0.4, 0.5) is 10.1 Å². The third-order valence-corrected chi connectivity index (χ3v) is 5.30. The van der Waals surface area contributed by atoms with Gasteiger partial charge in [0.25, 0.3) is 5.22 Å². The molecule has 0 saturated carbocycles. The van der Waals surface area contributed by atoms with Crippen molar-refractivity contribution in [3.63, 3.8) is 0 Å². The molecule has 0 radical (unpaired) electrons. The van der Waals surface area contributed by atoms with Gasteiger partial charge in [0.1, 0.15) is 11.5 Å². The molecular formula is C24H19FN2O2S. The van der Waals surface area contributed by atoms with Crippen LogP contribution in [0, 0.1) is 12.7 Å². The van der Waals surface area contributed by atoms with Crippen LogP contribution in [0.2, 0.25) is 0 Å². The maximum atomic E-state index is 13.7. The number of rotatable bonds is 6. The molecule has 1 amide bonds. The normalized spacial score (nSPS) is 10.7. The summed E-state index contributed by atoms with van der Waals surface area (Å²) in [4.78, 5) is 16.9. The zero-order chi connectivity index (χ0) is 20.9. The van der Waals surface area contributed by atoms with Gasteiger partial charge in [0.2, 0.25) is 5.91 Å². The van der Waals surface area contributed by atoms with Gasteiger partial charge in [0.05, 0.1) is 5.75 Å². The van der Waals surface area contributed by atoms with Gasteiger partial charge >= 0.3 is 0 Å². The Labute approximate surface area is 178 Å². The first-order valence-corrected chi connectivity index (χ1v) is 10.4. The Morgan fingerprint density at radius 1 is 1.00 bits per heavy atom. The lowest BCUT2D eigenvalue weighted by Gasteiger charge is -2.05. The van der Waals surface area contributed by atoms with Gasteiger partial charge in [-0.05, 0) is 24.6 Å². The second kappa shape index (κ2) is 8.97. The Morgan fingerprint density at radius 3 is 2.33 bits per heavy atom. The van der Waals surface area contributed by atoms with Crippen molar-refractivity contribution < 1.29 is 13.6 Å². The Hall–Kier alpha value is -3.38. The molecule has 1 N–H and O–H groups in total. The molecule has 1 heterocycles. The summed E-state index contributed by atoms with van der Waals surface area (Å²) in [5.41, 5.74) is 3.53. The topological polar surface area (TPSA) is 55.1 Å². The molecule has 0 spiro atoms. The average Bonchev–Trinajstić information content (AvgIpc) is 3.21. The second-order valence-corrected chi connectivity index (χ2v) is 7.62. The quantitative estimate of drug-likeness (QED) is 0.380. The summed E-state index contributed by atoms with van der Waals surface area (Å²) in [7, 11) is 0. The van der Waals surface area contributed by atoms with Gasteiger partial charge < -0.3 is 9.73 Å². The fourth-order valence-corrected chi connectivity index (χ4v) is 3.56. The van der Waals surface area contributed by atoms with Crippen molar-refractivity contribution in [1.29, 1.82) is 0 Å². The zero-order valence-corrected chi connectivity index (χ0v) is 17.1. The smallest absolute Gasteiger partial charge is 0.257 e. The molecule has 1 aromatic heterocycles. The van der Waals surface area contributed by atoms with E-state index in [0.717, 1.165) is 16.8 Å². The summed E-state index contributed by atoms with van der Waals surface area (Å²) >= 11 is 1.20. The number of thioether (sulfide) groups is 1. The van der Waals surface area contributed by atoms with Crippen molar-refractivity contribution in [1.82, 2.24) is 4.98 Å². The number of hydrogen-bond acceptors (Lipinski definition) is 4.